The Balaban J connectivity index is 1.13. The molecule has 0 amide bonds. The fraction of sp³-hybridized carbons (Fsp3) is 0.711. The monoisotopic (exact) mass is 894 g/mol. The van der Waals surface area contributed by atoms with E-state index in [2.05, 4.69) is 0 Å². The van der Waals surface area contributed by atoms with Gasteiger partial charge >= 0.3 is 0 Å². The second-order valence-electron chi connectivity index (χ2n) is 15.5. The molecule has 0 bridgehead atoms. The van der Waals surface area contributed by atoms with Crippen molar-refractivity contribution in [2.75, 3.05) is 33.5 Å². The minimum Gasteiger partial charge on any atom is -0.506 e. The van der Waals surface area contributed by atoms with Gasteiger partial charge in [0.2, 0.25) is 6.29 Å². The van der Waals surface area contributed by atoms with E-state index in [1.165, 1.54) is 20.1 Å². The summed E-state index contributed by atoms with van der Waals surface area (Å²) >= 11 is 0. The van der Waals surface area contributed by atoms with Gasteiger partial charge in [-0.1, -0.05) is 6.07 Å². The van der Waals surface area contributed by atoms with E-state index in [0.29, 0.717) is 10.9 Å². The number of carbonyl (C=O) groups excluding carboxylic acids is 1. The van der Waals surface area contributed by atoms with Crippen molar-refractivity contribution in [2.45, 2.75) is 137 Å². The second kappa shape index (κ2) is 20.0. The van der Waals surface area contributed by atoms with Gasteiger partial charge in [-0.05, 0) is 30.9 Å². The molecular weight excluding hydrogens is 840 g/mol. The summed E-state index contributed by atoms with van der Waals surface area (Å²) in [6.45, 7) is -0.267. The standard InChI is InChI=1S/C38H54O24/c1-11-4-13-5-14(54-3)6-15(21(13)26(46)20(11)12(2)41)57-37-31(51)29(49)24(44)19(61-37)10-55-35-30(50)28(48)23(43)18(60-35)9-56-36-33(53)34(25(45)17(8-40)58-36)62-38-32(52)27(47)22(42)16(7-39)59-38/h4-6,16-19,22-25,27-40,42-53H,7-10H2,1-3H3/t16-,17-,18-,19-,22-,23-,24-,25-,27+,28+,29+,30-,31-,32-,33-,34+,35-,36-,37-,38+/m1/s1. The van der Waals surface area contributed by atoms with E-state index < -0.39 is 161 Å². The number of ketones is 1. The Labute approximate surface area is 352 Å². The lowest BCUT2D eigenvalue weighted by molar-refractivity contribution is -0.366. The summed E-state index contributed by atoms with van der Waals surface area (Å²) in [5.41, 5.74) is 0.454. The molecule has 0 radical (unpaired) electrons. The first-order valence-corrected chi connectivity index (χ1v) is 19.6. The van der Waals surface area contributed by atoms with Crippen LogP contribution >= 0.6 is 0 Å². The van der Waals surface area contributed by atoms with Crippen LogP contribution in [-0.4, -0.2) is 234 Å². The van der Waals surface area contributed by atoms with E-state index in [1.54, 1.807) is 19.1 Å². The SMILES string of the molecule is COc1cc(O[C@@H]2O[C@H](CO[C@@H]3O[C@H](CO[C@@H]4O[C@H](CO)[C@@H](O)[C@H](O[C@@H]5O[C@H](CO)[C@@H](O)[C@H](O)[C@H]5O)[C@H]4O)[C@@H](O)[C@H](O)[C@H]3O)[C@@H](O)[C@H](O)[C@H]2O)c2c(O)c(C(C)=O)c(C)cc2c1. The van der Waals surface area contributed by atoms with Gasteiger partial charge in [-0.25, -0.2) is 0 Å². The molecule has 350 valence electrons. The molecule has 4 aliphatic rings. The summed E-state index contributed by atoms with van der Waals surface area (Å²) in [5, 5.41) is 148. The number of hydrogen-bond acceptors (Lipinski definition) is 24. The number of methoxy groups -OCH3 is 1. The maximum atomic E-state index is 12.4. The summed E-state index contributed by atoms with van der Waals surface area (Å²) in [4.78, 5) is 12.4. The lowest BCUT2D eigenvalue weighted by atomic mass is 9.96. The number of fused-ring (bicyclic) bond motifs is 1. The Morgan fingerprint density at radius 1 is 0.597 bits per heavy atom. The molecule has 4 aliphatic heterocycles. The molecule has 0 unspecified atom stereocenters. The van der Waals surface area contributed by atoms with Crippen LogP contribution in [0.2, 0.25) is 0 Å². The molecule has 4 heterocycles. The fourth-order valence-corrected chi connectivity index (χ4v) is 7.78. The smallest absolute Gasteiger partial charge is 0.229 e. The van der Waals surface area contributed by atoms with Gasteiger partial charge in [0.1, 0.15) is 115 Å². The number of aliphatic hydroxyl groups excluding tert-OH is 13. The van der Waals surface area contributed by atoms with Crippen molar-refractivity contribution in [2.24, 2.45) is 0 Å². The third kappa shape index (κ3) is 9.51. The summed E-state index contributed by atoms with van der Waals surface area (Å²) in [6, 6.07) is 4.50. The molecular formula is C38H54O24. The van der Waals surface area contributed by atoms with Gasteiger partial charge in [0.05, 0.1) is 44.5 Å². The Bertz CT molecular complexity index is 1830. The molecule has 62 heavy (non-hydrogen) atoms. The Morgan fingerprint density at radius 2 is 1.06 bits per heavy atom. The van der Waals surface area contributed by atoms with Crippen LogP contribution in [0.3, 0.4) is 0 Å². The Morgan fingerprint density at radius 3 is 1.61 bits per heavy atom. The molecule has 0 aliphatic carbocycles. The van der Waals surface area contributed by atoms with E-state index in [9.17, 15) is 76.3 Å². The van der Waals surface area contributed by atoms with Crippen LogP contribution in [-0.2, 0) is 33.2 Å². The van der Waals surface area contributed by atoms with Crippen LogP contribution in [0.5, 0.6) is 17.2 Å². The van der Waals surface area contributed by atoms with Crippen molar-refractivity contribution in [1.82, 2.24) is 0 Å². The topological polar surface area (TPSA) is 383 Å². The molecule has 2 aromatic rings. The normalized spacial score (nSPS) is 41.5. The molecule has 0 spiro atoms. The van der Waals surface area contributed by atoms with E-state index in [0.717, 1.165) is 0 Å². The van der Waals surface area contributed by atoms with Crippen molar-refractivity contribution in [3.63, 3.8) is 0 Å². The molecule has 0 saturated carbocycles. The highest BCUT2D eigenvalue weighted by molar-refractivity contribution is 6.07. The number of hydrogen-bond donors (Lipinski definition) is 14. The maximum Gasteiger partial charge on any atom is 0.229 e. The van der Waals surface area contributed by atoms with Crippen molar-refractivity contribution >= 4 is 16.6 Å². The first kappa shape index (κ1) is 48.4. The van der Waals surface area contributed by atoms with Crippen LogP contribution in [0.4, 0.5) is 0 Å². The van der Waals surface area contributed by atoms with Gasteiger partial charge in [0.25, 0.3) is 0 Å². The van der Waals surface area contributed by atoms with E-state index >= 15 is 0 Å². The molecule has 14 N–H and O–H groups in total. The zero-order valence-electron chi connectivity index (χ0n) is 33.5. The zero-order valence-corrected chi connectivity index (χ0v) is 33.5. The zero-order chi connectivity index (χ0) is 45.5. The molecule has 4 saturated heterocycles. The average molecular weight is 895 g/mol. The van der Waals surface area contributed by atoms with Crippen LogP contribution in [0.15, 0.2) is 18.2 Å². The second-order valence-corrected chi connectivity index (χ2v) is 15.5. The summed E-state index contributed by atoms with van der Waals surface area (Å²) in [7, 11) is 1.36. The molecule has 24 heteroatoms. The number of phenols is 1. The number of ether oxygens (including phenoxy) is 9. The van der Waals surface area contributed by atoms with Crippen molar-refractivity contribution < 1.29 is 119 Å². The molecule has 20 atom stereocenters. The van der Waals surface area contributed by atoms with Gasteiger partial charge in [0, 0.05) is 6.07 Å². The molecule has 24 nitrogen and oxygen atoms in total. The van der Waals surface area contributed by atoms with Crippen molar-refractivity contribution in [1.29, 1.82) is 0 Å². The number of benzene rings is 2. The Kier molecular flexibility index (Phi) is 15.6. The summed E-state index contributed by atoms with van der Waals surface area (Å²) in [5.74, 6) is -0.783. The highest BCUT2D eigenvalue weighted by atomic mass is 16.8. The van der Waals surface area contributed by atoms with Gasteiger partial charge in [-0.2, -0.15) is 0 Å². The fourth-order valence-electron chi connectivity index (χ4n) is 7.78. The Hall–Kier alpha value is -3.03. The molecule has 4 fully saturated rings. The van der Waals surface area contributed by atoms with E-state index in [1.807, 2.05) is 0 Å². The van der Waals surface area contributed by atoms with Gasteiger partial charge in [0.15, 0.2) is 24.7 Å². The average Bonchev–Trinajstić information content (AvgIpc) is 3.24. The minimum absolute atomic E-state index is 0.00190. The molecule has 2 aromatic carbocycles. The van der Waals surface area contributed by atoms with Gasteiger partial charge in [-0.15, -0.1) is 0 Å². The predicted molar refractivity (Wildman–Crippen MR) is 199 cm³/mol. The first-order valence-electron chi connectivity index (χ1n) is 19.6. The highest BCUT2D eigenvalue weighted by Crippen LogP contribution is 2.42. The lowest BCUT2D eigenvalue weighted by Gasteiger charge is -2.46. The quantitative estimate of drug-likeness (QED) is 0.0784. The van der Waals surface area contributed by atoms with Crippen LogP contribution in [0, 0.1) is 6.92 Å². The van der Waals surface area contributed by atoms with E-state index in [-0.39, 0.29) is 22.4 Å². The van der Waals surface area contributed by atoms with Crippen LogP contribution in [0.1, 0.15) is 22.8 Å². The van der Waals surface area contributed by atoms with Crippen LogP contribution in [0.25, 0.3) is 10.8 Å². The van der Waals surface area contributed by atoms with Gasteiger partial charge < -0.3 is 114 Å². The summed E-state index contributed by atoms with van der Waals surface area (Å²) < 4.78 is 50.3. The number of phenolic OH excluding ortho intramolecular Hbond substituents is 1. The van der Waals surface area contributed by atoms with E-state index in [4.69, 9.17) is 42.6 Å². The first-order chi connectivity index (χ1) is 29.3. The van der Waals surface area contributed by atoms with Crippen LogP contribution < -0.4 is 9.47 Å². The number of aliphatic hydroxyl groups is 13. The van der Waals surface area contributed by atoms with Crippen molar-refractivity contribution in [3.8, 4) is 17.2 Å². The number of aromatic hydroxyl groups is 1. The third-order valence-corrected chi connectivity index (χ3v) is 11.3. The molecule has 6 rings (SSSR count). The minimum atomic E-state index is -1.97. The number of carbonyl (C=O) groups is 1. The predicted octanol–water partition coefficient (Wildman–Crippen LogP) is -6.28. The molecule has 0 aromatic heterocycles. The highest BCUT2D eigenvalue weighted by Gasteiger charge is 2.52. The summed E-state index contributed by atoms with van der Waals surface area (Å²) in [6.07, 6.45) is -35.7. The number of aryl methyl sites for hydroxylation is 1. The number of Topliss-reactive ketones (excluding diaryl/α,β-unsaturated/α-hetero) is 1. The van der Waals surface area contributed by atoms with Gasteiger partial charge in [-0.3, -0.25) is 4.79 Å². The number of rotatable bonds is 14. The largest absolute Gasteiger partial charge is 0.506 e. The van der Waals surface area contributed by atoms with Crippen molar-refractivity contribution in [3.05, 3.63) is 29.3 Å². The maximum absolute atomic E-state index is 12.4. The third-order valence-electron chi connectivity index (χ3n) is 11.3. The lowest BCUT2D eigenvalue weighted by Crippen LogP contribution is -2.65.